The first-order valence-corrected chi connectivity index (χ1v) is 8.63. The van der Waals surface area contributed by atoms with Crippen LogP contribution in [0, 0.1) is 0 Å². The van der Waals surface area contributed by atoms with Crippen molar-refractivity contribution in [3.05, 3.63) is 47.3 Å². The highest BCUT2D eigenvalue weighted by Crippen LogP contribution is 2.21. The topological polar surface area (TPSA) is 87.6 Å². The number of aliphatic hydroxyl groups excluding tert-OH is 1. The molecule has 0 atom stereocenters. The van der Waals surface area contributed by atoms with Gasteiger partial charge < -0.3 is 20.1 Å². The van der Waals surface area contributed by atoms with Gasteiger partial charge in [0.05, 0.1) is 18.8 Å². The van der Waals surface area contributed by atoms with Crippen molar-refractivity contribution in [2.45, 2.75) is 45.9 Å². The third-order valence-corrected chi connectivity index (χ3v) is 3.99. The van der Waals surface area contributed by atoms with E-state index in [1.165, 1.54) is 0 Å². The van der Waals surface area contributed by atoms with Gasteiger partial charge in [0.25, 0.3) is 0 Å². The maximum Gasteiger partial charge on any atom is 0.410 e. The third kappa shape index (κ3) is 4.49. The van der Waals surface area contributed by atoms with E-state index in [-0.39, 0.29) is 12.7 Å². The van der Waals surface area contributed by atoms with Crippen molar-refractivity contribution in [2.24, 2.45) is 0 Å². The molecular weight excluding hydrogens is 332 g/mol. The first-order valence-electron chi connectivity index (χ1n) is 8.63. The molecule has 2 N–H and O–H groups in total. The van der Waals surface area contributed by atoms with Crippen molar-refractivity contribution >= 4 is 17.7 Å². The number of carbonyl (C=O) groups is 1. The van der Waals surface area contributed by atoms with E-state index in [2.05, 4.69) is 15.3 Å². The molecule has 1 aromatic carbocycles. The average molecular weight is 356 g/mol. The molecule has 1 aliphatic rings. The molecule has 1 amide bonds. The Morgan fingerprint density at radius 2 is 2.04 bits per heavy atom. The number of rotatable bonds is 3. The average Bonchev–Trinajstić information content (AvgIpc) is 2.60. The second-order valence-corrected chi connectivity index (χ2v) is 7.30. The fourth-order valence-electron chi connectivity index (χ4n) is 2.67. The summed E-state index contributed by atoms with van der Waals surface area (Å²) in [5, 5.41) is 12.3. The number of amides is 1. The number of anilines is 2. The van der Waals surface area contributed by atoms with Crippen LogP contribution in [-0.4, -0.2) is 38.2 Å². The molecule has 0 fully saturated rings. The van der Waals surface area contributed by atoms with E-state index in [9.17, 15) is 4.79 Å². The van der Waals surface area contributed by atoms with Gasteiger partial charge >= 0.3 is 6.09 Å². The second kappa shape index (κ2) is 7.29. The Kier molecular flexibility index (Phi) is 5.08. The molecule has 0 aliphatic carbocycles. The van der Waals surface area contributed by atoms with Crippen molar-refractivity contribution in [3.63, 3.8) is 0 Å². The van der Waals surface area contributed by atoms with Gasteiger partial charge in [-0.15, -0.1) is 0 Å². The van der Waals surface area contributed by atoms with Gasteiger partial charge in [0.15, 0.2) is 0 Å². The normalized spacial score (nSPS) is 13.9. The number of nitrogens with zero attached hydrogens (tertiary/aromatic N) is 3. The number of hydrogen-bond acceptors (Lipinski definition) is 6. The summed E-state index contributed by atoms with van der Waals surface area (Å²) in [6.45, 7) is 6.58. The van der Waals surface area contributed by atoms with Crippen LogP contribution in [0.2, 0.25) is 0 Å². The highest BCUT2D eigenvalue weighted by Gasteiger charge is 2.26. The maximum atomic E-state index is 12.3. The summed E-state index contributed by atoms with van der Waals surface area (Å²) in [6, 6.07) is 7.40. The molecule has 0 saturated carbocycles. The Bertz CT molecular complexity index is 784. The molecule has 0 saturated heterocycles. The number of fused-ring (bicyclic) bond motifs is 1. The van der Waals surface area contributed by atoms with E-state index in [1.807, 2.05) is 45.0 Å². The lowest BCUT2D eigenvalue weighted by molar-refractivity contribution is 0.0220. The molecule has 7 heteroatoms. The van der Waals surface area contributed by atoms with E-state index < -0.39 is 5.60 Å². The van der Waals surface area contributed by atoms with Crippen LogP contribution < -0.4 is 5.32 Å². The van der Waals surface area contributed by atoms with Crippen LogP contribution in [0.3, 0.4) is 0 Å². The number of aromatic nitrogens is 2. The molecular formula is C19H24N4O3. The lowest BCUT2D eigenvalue weighted by Crippen LogP contribution is -2.40. The van der Waals surface area contributed by atoms with Gasteiger partial charge in [0, 0.05) is 18.4 Å². The quantitative estimate of drug-likeness (QED) is 0.879. The number of carbonyl (C=O) groups excluding carboxylic acids is 1. The van der Waals surface area contributed by atoms with Gasteiger partial charge in [-0.25, -0.2) is 14.8 Å². The summed E-state index contributed by atoms with van der Waals surface area (Å²) in [5.74, 6) is 0.478. The summed E-state index contributed by atoms with van der Waals surface area (Å²) in [4.78, 5) is 22.9. The lowest BCUT2D eigenvalue weighted by atomic mass is 10.1. The summed E-state index contributed by atoms with van der Waals surface area (Å²) >= 11 is 0. The highest BCUT2D eigenvalue weighted by atomic mass is 16.6. The molecule has 0 radical (unpaired) electrons. The first-order chi connectivity index (χ1) is 12.3. The summed E-state index contributed by atoms with van der Waals surface area (Å²) in [7, 11) is 0. The molecule has 138 valence electrons. The zero-order valence-electron chi connectivity index (χ0n) is 15.3. The van der Waals surface area contributed by atoms with E-state index in [0.717, 1.165) is 22.5 Å². The number of benzene rings is 1. The summed E-state index contributed by atoms with van der Waals surface area (Å²) < 4.78 is 5.45. The molecule has 1 aliphatic heterocycles. The predicted octanol–water partition coefficient (Wildman–Crippen LogP) is 3.01. The Balaban J connectivity index is 1.71. The summed E-state index contributed by atoms with van der Waals surface area (Å²) in [6.07, 6.45) is 2.19. The zero-order valence-corrected chi connectivity index (χ0v) is 15.3. The van der Waals surface area contributed by atoms with E-state index in [4.69, 9.17) is 9.84 Å². The summed E-state index contributed by atoms with van der Waals surface area (Å²) in [5.41, 5.74) is 3.03. The van der Waals surface area contributed by atoms with Gasteiger partial charge in [-0.1, -0.05) is 12.1 Å². The molecule has 26 heavy (non-hydrogen) atoms. The van der Waals surface area contributed by atoms with Gasteiger partial charge in [-0.05, 0) is 50.5 Å². The number of aliphatic hydroxyl groups is 1. The molecule has 3 rings (SSSR count). The SMILES string of the molecule is CC(C)(C)OC(=O)N1CCc2cnc(Nc3ccc(CO)cc3)nc2C1. The fourth-order valence-corrected chi connectivity index (χ4v) is 2.67. The van der Waals surface area contributed by atoms with E-state index >= 15 is 0 Å². The molecule has 0 bridgehead atoms. The molecule has 0 unspecified atom stereocenters. The van der Waals surface area contributed by atoms with Crippen molar-refractivity contribution < 1.29 is 14.6 Å². The highest BCUT2D eigenvalue weighted by molar-refractivity contribution is 5.68. The van der Waals surface area contributed by atoms with Crippen molar-refractivity contribution in [1.82, 2.24) is 14.9 Å². The second-order valence-electron chi connectivity index (χ2n) is 7.30. The number of ether oxygens (including phenoxy) is 1. The smallest absolute Gasteiger partial charge is 0.410 e. The minimum Gasteiger partial charge on any atom is -0.444 e. The van der Waals surface area contributed by atoms with Crippen LogP contribution in [0.5, 0.6) is 0 Å². The van der Waals surface area contributed by atoms with E-state index in [0.29, 0.717) is 25.5 Å². The Labute approximate surface area is 153 Å². The van der Waals surface area contributed by atoms with Crippen LogP contribution in [0.4, 0.5) is 16.4 Å². The minimum atomic E-state index is -0.517. The Morgan fingerprint density at radius 3 is 2.69 bits per heavy atom. The standard InChI is InChI=1S/C19H24N4O3/c1-19(2,3)26-18(25)23-9-8-14-10-20-17(22-16(14)11-23)21-15-6-4-13(12-24)5-7-15/h4-7,10,24H,8-9,11-12H2,1-3H3,(H,20,21,22). The largest absolute Gasteiger partial charge is 0.444 e. The fraction of sp³-hybridized carbons (Fsp3) is 0.421. The maximum absolute atomic E-state index is 12.3. The minimum absolute atomic E-state index is 0.0100. The van der Waals surface area contributed by atoms with Gasteiger partial charge in [0.1, 0.15) is 5.60 Å². The zero-order chi connectivity index (χ0) is 18.7. The van der Waals surface area contributed by atoms with Gasteiger partial charge in [-0.2, -0.15) is 0 Å². The Hall–Kier alpha value is -2.67. The van der Waals surface area contributed by atoms with Crippen LogP contribution >= 0.6 is 0 Å². The third-order valence-electron chi connectivity index (χ3n) is 3.99. The van der Waals surface area contributed by atoms with Crippen LogP contribution in [0.15, 0.2) is 30.5 Å². The predicted molar refractivity (Wildman–Crippen MR) is 98.0 cm³/mol. The number of hydrogen-bond donors (Lipinski definition) is 2. The van der Waals surface area contributed by atoms with Crippen LogP contribution in [-0.2, 0) is 24.3 Å². The number of nitrogens with one attached hydrogen (secondary N) is 1. The van der Waals surface area contributed by atoms with E-state index in [1.54, 1.807) is 11.1 Å². The Morgan fingerprint density at radius 1 is 1.31 bits per heavy atom. The van der Waals surface area contributed by atoms with Crippen LogP contribution in [0.25, 0.3) is 0 Å². The molecule has 1 aromatic heterocycles. The lowest BCUT2D eigenvalue weighted by Gasteiger charge is -2.30. The van der Waals surface area contributed by atoms with Gasteiger partial charge in [0.2, 0.25) is 5.95 Å². The van der Waals surface area contributed by atoms with Gasteiger partial charge in [-0.3, -0.25) is 0 Å². The van der Waals surface area contributed by atoms with Crippen molar-refractivity contribution in [3.8, 4) is 0 Å². The molecule has 2 aromatic rings. The van der Waals surface area contributed by atoms with Crippen molar-refractivity contribution in [2.75, 3.05) is 11.9 Å². The van der Waals surface area contributed by atoms with Crippen LogP contribution in [0.1, 0.15) is 37.6 Å². The van der Waals surface area contributed by atoms with Crippen molar-refractivity contribution in [1.29, 1.82) is 0 Å². The monoisotopic (exact) mass is 356 g/mol. The molecule has 7 nitrogen and oxygen atoms in total. The first kappa shape index (κ1) is 18.1. The molecule has 0 spiro atoms. The molecule has 2 heterocycles.